The van der Waals surface area contributed by atoms with Gasteiger partial charge in [-0.1, -0.05) is 17.3 Å². The summed E-state index contributed by atoms with van der Waals surface area (Å²) in [6, 6.07) is 17.5. The van der Waals surface area contributed by atoms with E-state index in [1.165, 1.54) is 38.6 Å². The third kappa shape index (κ3) is 7.42. The number of hydrogen-bond acceptors (Lipinski definition) is 7. The number of halogens is 2. The van der Waals surface area contributed by atoms with Crippen LogP contribution in [0.5, 0.6) is 17.2 Å². The molecule has 0 unspecified atom stereocenters. The number of amides is 2. The number of rotatable bonds is 11. The number of methoxy groups -OCH3 is 2. The number of carbonyl (C=O) groups is 2. The highest BCUT2D eigenvalue weighted by Crippen LogP contribution is 2.29. The summed E-state index contributed by atoms with van der Waals surface area (Å²) in [4.78, 5) is 29.5. The molecule has 11 heteroatoms. The van der Waals surface area contributed by atoms with Gasteiger partial charge in [0.05, 0.1) is 26.1 Å². The third-order valence-electron chi connectivity index (χ3n) is 4.66. The van der Waals surface area contributed by atoms with Crippen LogP contribution >= 0.6 is 0 Å². The largest absolute Gasteiger partial charge is 0.495 e. The lowest BCUT2D eigenvalue weighted by molar-refractivity contribution is -0.120. The molecular weight excluding hydrogens is 476 g/mol. The number of carbonyl (C=O) groups excluding carboxylic acids is 2. The number of hydrogen-bond donors (Lipinski definition) is 2. The van der Waals surface area contributed by atoms with Gasteiger partial charge in [0.1, 0.15) is 5.75 Å². The molecule has 2 N–H and O–H groups in total. The van der Waals surface area contributed by atoms with E-state index in [9.17, 15) is 18.4 Å². The molecule has 0 spiro atoms. The first-order valence-electron chi connectivity index (χ1n) is 10.5. The first-order valence-corrected chi connectivity index (χ1v) is 10.5. The first kappa shape index (κ1) is 25.9. The van der Waals surface area contributed by atoms with Gasteiger partial charge in [-0.3, -0.25) is 9.59 Å². The van der Waals surface area contributed by atoms with E-state index in [-0.39, 0.29) is 24.0 Å². The number of alkyl halides is 2. The van der Waals surface area contributed by atoms with Crippen LogP contribution in [0.15, 0.2) is 71.9 Å². The molecular formula is C25H23F2N3O6. The van der Waals surface area contributed by atoms with Gasteiger partial charge >= 0.3 is 6.61 Å². The van der Waals surface area contributed by atoms with E-state index in [0.29, 0.717) is 28.3 Å². The average Bonchev–Trinajstić information content (AvgIpc) is 2.87. The van der Waals surface area contributed by atoms with Crippen LogP contribution in [0.2, 0.25) is 0 Å². The van der Waals surface area contributed by atoms with Crippen molar-refractivity contribution in [3.8, 4) is 17.2 Å². The fourth-order valence-electron chi connectivity index (χ4n) is 3.00. The van der Waals surface area contributed by atoms with E-state index < -0.39 is 12.5 Å². The second-order valence-electron chi connectivity index (χ2n) is 7.08. The monoisotopic (exact) mass is 499 g/mol. The Morgan fingerprint density at radius 1 is 0.917 bits per heavy atom. The van der Waals surface area contributed by atoms with E-state index in [4.69, 9.17) is 14.3 Å². The smallest absolute Gasteiger partial charge is 0.387 e. The van der Waals surface area contributed by atoms with Gasteiger partial charge in [-0.25, -0.2) is 0 Å². The molecule has 0 heterocycles. The first-order chi connectivity index (χ1) is 17.4. The molecule has 3 aromatic carbocycles. The normalized spacial score (nSPS) is 10.7. The summed E-state index contributed by atoms with van der Waals surface area (Å²) in [5, 5.41) is 9.08. The highest BCUT2D eigenvalue weighted by Gasteiger charge is 2.12. The standard InChI is InChI=1S/C25H23F2N3O6/c1-33-20-6-4-3-5-19(20)30-24(32)17-8-10-18(11-9-17)29-23(31)15-35-28-14-16-7-12-21(36-25(26)27)22(13-16)34-2/h3-14,25H,15H2,1-2H3,(H,29,31)(H,30,32)/b28-14+. The van der Waals surface area contributed by atoms with Crippen molar-refractivity contribution in [2.75, 3.05) is 31.5 Å². The molecule has 0 aliphatic carbocycles. The van der Waals surface area contributed by atoms with Crippen LogP contribution < -0.4 is 24.8 Å². The minimum atomic E-state index is -2.98. The summed E-state index contributed by atoms with van der Waals surface area (Å²) in [5.74, 6) is -0.295. The number of nitrogens with one attached hydrogen (secondary N) is 2. The highest BCUT2D eigenvalue weighted by atomic mass is 19.3. The second kappa shape index (κ2) is 12.7. The van der Waals surface area contributed by atoms with Gasteiger partial charge in [-0.05, 0) is 54.6 Å². The predicted octanol–water partition coefficient (Wildman–Crippen LogP) is 4.55. The van der Waals surface area contributed by atoms with E-state index in [0.717, 1.165) is 0 Å². The summed E-state index contributed by atoms with van der Waals surface area (Å²) >= 11 is 0. The maximum absolute atomic E-state index is 12.5. The maximum atomic E-state index is 12.5. The van der Waals surface area contributed by atoms with Crippen molar-refractivity contribution in [3.05, 3.63) is 77.9 Å². The van der Waals surface area contributed by atoms with E-state index in [1.54, 1.807) is 48.5 Å². The van der Waals surface area contributed by atoms with Crippen molar-refractivity contribution in [3.63, 3.8) is 0 Å². The van der Waals surface area contributed by atoms with Crippen LogP contribution in [0.4, 0.5) is 20.2 Å². The molecule has 3 aromatic rings. The Kier molecular flexibility index (Phi) is 9.15. The number of ether oxygens (including phenoxy) is 3. The Morgan fingerprint density at radius 3 is 2.33 bits per heavy atom. The second-order valence-corrected chi connectivity index (χ2v) is 7.08. The number of nitrogens with zero attached hydrogens (tertiary/aromatic N) is 1. The SMILES string of the molecule is COc1ccccc1NC(=O)c1ccc(NC(=O)CO/N=C/c2ccc(OC(F)F)c(OC)c2)cc1. The summed E-state index contributed by atoms with van der Waals surface area (Å²) in [6.45, 7) is -3.36. The number of benzene rings is 3. The lowest BCUT2D eigenvalue weighted by Crippen LogP contribution is -2.17. The quantitative estimate of drug-likeness (QED) is 0.296. The van der Waals surface area contributed by atoms with Gasteiger partial charge in [0.2, 0.25) is 0 Å². The van der Waals surface area contributed by atoms with Gasteiger partial charge < -0.3 is 29.7 Å². The fraction of sp³-hybridized carbons (Fsp3) is 0.160. The summed E-state index contributed by atoms with van der Waals surface area (Å²) < 4.78 is 39.4. The molecule has 0 fully saturated rings. The Balaban J connectivity index is 1.48. The summed E-state index contributed by atoms with van der Waals surface area (Å²) in [6.07, 6.45) is 1.29. The van der Waals surface area contributed by atoms with Crippen LogP contribution in [0.3, 0.4) is 0 Å². The van der Waals surface area contributed by atoms with E-state index in [2.05, 4.69) is 20.5 Å². The number of oxime groups is 1. The van der Waals surface area contributed by atoms with Crippen LogP contribution in [0.25, 0.3) is 0 Å². The Hall–Kier alpha value is -4.67. The molecule has 0 radical (unpaired) electrons. The minimum absolute atomic E-state index is 0.0945. The molecule has 188 valence electrons. The molecule has 0 bridgehead atoms. The van der Waals surface area contributed by atoms with E-state index >= 15 is 0 Å². The third-order valence-corrected chi connectivity index (χ3v) is 4.66. The fourth-order valence-corrected chi connectivity index (χ4v) is 3.00. The van der Waals surface area contributed by atoms with Crippen molar-refractivity contribution in [2.45, 2.75) is 6.61 Å². The Bertz CT molecular complexity index is 1220. The minimum Gasteiger partial charge on any atom is -0.495 e. The van der Waals surface area contributed by atoms with Crippen molar-refractivity contribution in [1.29, 1.82) is 0 Å². The molecule has 3 rings (SSSR count). The Labute approximate surface area is 205 Å². The van der Waals surface area contributed by atoms with E-state index in [1.807, 2.05) is 0 Å². The molecule has 9 nitrogen and oxygen atoms in total. The lowest BCUT2D eigenvalue weighted by Gasteiger charge is -2.10. The van der Waals surface area contributed by atoms with Crippen LogP contribution in [-0.4, -0.2) is 45.5 Å². The van der Waals surface area contributed by atoms with Gasteiger partial charge in [0, 0.05) is 16.8 Å². The van der Waals surface area contributed by atoms with Gasteiger partial charge in [0.15, 0.2) is 18.1 Å². The lowest BCUT2D eigenvalue weighted by atomic mass is 10.2. The predicted molar refractivity (Wildman–Crippen MR) is 129 cm³/mol. The zero-order chi connectivity index (χ0) is 25.9. The maximum Gasteiger partial charge on any atom is 0.387 e. The molecule has 0 saturated carbocycles. The highest BCUT2D eigenvalue weighted by molar-refractivity contribution is 6.05. The molecule has 0 atom stereocenters. The van der Waals surface area contributed by atoms with Gasteiger partial charge in [-0.2, -0.15) is 8.78 Å². The van der Waals surface area contributed by atoms with Crippen LogP contribution in [0.1, 0.15) is 15.9 Å². The average molecular weight is 499 g/mol. The zero-order valence-electron chi connectivity index (χ0n) is 19.4. The molecule has 2 amide bonds. The van der Waals surface area contributed by atoms with Crippen molar-refractivity contribution in [1.82, 2.24) is 0 Å². The van der Waals surface area contributed by atoms with Gasteiger partial charge in [-0.15, -0.1) is 0 Å². The summed E-state index contributed by atoms with van der Waals surface area (Å²) in [7, 11) is 2.83. The topological polar surface area (TPSA) is 107 Å². The van der Waals surface area contributed by atoms with Gasteiger partial charge in [0.25, 0.3) is 11.8 Å². The Morgan fingerprint density at radius 2 is 1.64 bits per heavy atom. The molecule has 0 aromatic heterocycles. The van der Waals surface area contributed by atoms with Crippen molar-refractivity contribution >= 4 is 29.4 Å². The zero-order valence-corrected chi connectivity index (χ0v) is 19.4. The molecule has 0 aliphatic heterocycles. The van der Waals surface area contributed by atoms with Crippen molar-refractivity contribution < 1.29 is 37.4 Å². The summed E-state index contributed by atoms with van der Waals surface area (Å²) in [5.41, 5.74) is 1.87. The number of para-hydroxylation sites is 2. The molecule has 36 heavy (non-hydrogen) atoms. The van der Waals surface area contributed by atoms with Crippen LogP contribution in [-0.2, 0) is 9.63 Å². The molecule has 0 saturated heterocycles. The van der Waals surface area contributed by atoms with Crippen LogP contribution in [0, 0.1) is 0 Å². The molecule has 0 aliphatic rings. The number of anilines is 2. The van der Waals surface area contributed by atoms with Crippen molar-refractivity contribution in [2.24, 2.45) is 5.16 Å².